The Labute approximate surface area is 115 Å². The number of nitrogen functional groups attached to an aromatic ring is 1. The molecule has 9 heteroatoms. The van der Waals surface area contributed by atoms with Gasteiger partial charge in [-0.3, -0.25) is 4.79 Å². The number of hydrogen-bond donors (Lipinski definition) is 2. The molecule has 0 saturated carbocycles. The first kappa shape index (κ1) is 14.7. The van der Waals surface area contributed by atoms with E-state index >= 15 is 0 Å². The maximum absolute atomic E-state index is 13.0. The second-order valence-electron chi connectivity index (χ2n) is 3.97. The number of amides is 1. The van der Waals surface area contributed by atoms with Crippen LogP contribution in [0.25, 0.3) is 0 Å². The van der Waals surface area contributed by atoms with Gasteiger partial charge < -0.3 is 11.1 Å². The van der Waals surface area contributed by atoms with Gasteiger partial charge in [-0.05, 0) is 18.2 Å². The number of carbonyl (C=O) groups excluding carboxylic acids is 1. The van der Waals surface area contributed by atoms with Crippen LogP contribution in [-0.2, 0) is 6.18 Å². The third-order valence-electron chi connectivity index (χ3n) is 2.44. The molecule has 0 radical (unpaired) electrons. The summed E-state index contributed by atoms with van der Waals surface area (Å²) in [6, 6.07) is 2.61. The van der Waals surface area contributed by atoms with Gasteiger partial charge in [-0.25, -0.2) is 14.4 Å². The molecule has 2 rings (SSSR count). The summed E-state index contributed by atoms with van der Waals surface area (Å²) in [5.74, 6) is -1.77. The Kier molecular flexibility index (Phi) is 3.74. The number of halogens is 4. The number of pyridine rings is 2. The molecule has 21 heavy (non-hydrogen) atoms. The van der Waals surface area contributed by atoms with Crippen LogP contribution >= 0.6 is 0 Å². The van der Waals surface area contributed by atoms with E-state index < -0.39 is 23.6 Å². The first-order valence-electron chi connectivity index (χ1n) is 5.53. The first-order valence-corrected chi connectivity index (χ1v) is 5.53. The van der Waals surface area contributed by atoms with E-state index in [2.05, 4.69) is 15.3 Å². The van der Waals surface area contributed by atoms with E-state index in [9.17, 15) is 22.4 Å². The maximum Gasteiger partial charge on any atom is 0.433 e. The van der Waals surface area contributed by atoms with Crippen LogP contribution in [-0.4, -0.2) is 15.9 Å². The molecule has 1 amide bonds. The molecule has 0 aliphatic heterocycles. The second kappa shape index (κ2) is 5.35. The van der Waals surface area contributed by atoms with Gasteiger partial charge in [-0.15, -0.1) is 0 Å². The Morgan fingerprint density at radius 2 is 1.90 bits per heavy atom. The average molecular weight is 300 g/mol. The van der Waals surface area contributed by atoms with Gasteiger partial charge in [0.15, 0.2) is 0 Å². The molecule has 0 atom stereocenters. The van der Waals surface area contributed by atoms with Crippen molar-refractivity contribution in [2.24, 2.45) is 0 Å². The van der Waals surface area contributed by atoms with Crippen LogP contribution in [0.4, 0.5) is 29.1 Å². The van der Waals surface area contributed by atoms with E-state index in [4.69, 9.17) is 5.73 Å². The highest BCUT2D eigenvalue weighted by Crippen LogP contribution is 2.27. The third-order valence-corrected chi connectivity index (χ3v) is 2.44. The van der Waals surface area contributed by atoms with E-state index in [0.717, 1.165) is 24.5 Å². The SMILES string of the molecule is Nc1ncc(F)cc1C(=O)Nc1ccc(C(F)(F)F)nc1. The molecule has 2 heterocycles. The van der Waals surface area contributed by atoms with Crippen molar-refractivity contribution >= 4 is 17.4 Å². The van der Waals surface area contributed by atoms with E-state index in [1.54, 1.807) is 0 Å². The van der Waals surface area contributed by atoms with Gasteiger partial charge in [-0.1, -0.05) is 0 Å². The van der Waals surface area contributed by atoms with E-state index in [-0.39, 0.29) is 17.1 Å². The van der Waals surface area contributed by atoms with E-state index in [1.807, 2.05) is 0 Å². The van der Waals surface area contributed by atoms with Gasteiger partial charge in [0, 0.05) is 0 Å². The molecule has 0 fully saturated rings. The molecular formula is C12H8F4N4O. The number of rotatable bonds is 2. The fourth-order valence-electron chi connectivity index (χ4n) is 1.47. The molecule has 0 bridgehead atoms. The molecule has 3 N–H and O–H groups in total. The fourth-order valence-corrected chi connectivity index (χ4v) is 1.47. The minimum atomic E-state index is -4.57. The highest BCUT2D eigenvalue weighted by Gasteiger charge is 2.32. The maximum atomic E-state index is 13.0. The number of hydrogen-bond acceptors (Lipinski definition) is 4. The molecule has 2 aromatic rings. The molecule has 2 aromatic heterocycles. The Hall–Kier alpha value is -2.71. The number of aromatic nitrogens is 2. The van der Waals surface area contributed by atoms with Crippen LogP contribution in [0.3, 0.4) is 0 Å². The zero-order chi connectivity index (χ0) is 15.6. The Morgan fingerprint density at radius 1 is 1.19 bits per heavy atom. The standard InChI is InChI=1S/C12H8F4N4O/c13-6-3-8(10(17)19-4-6)11(21)20-7-1-2-9(18-5-7)12(14,15)16/h1-5H,(H2,17,19)(H,20,21). The van der Waals surface area contributed by atoms with Crippen LogP contribution in [0.15, 0.2) is 30.6 Å². The predicted octanol–water partition coefficient (Wildman–Crippen LogP) is 2.47. The van der Waals surface area contributed by atoms with Gasteiger partial charge in [0.25, 0.3) is 5.91 Å². The summed E-state index contributed by atoms with van der Waals surface area (Å²) in [6.45, 7) is 0. The molecule has 5 nitrogen and oxygen atoms in total. The number of anilines is 2. The molecular weight excluding hydrogens is 292 g/mol. The third kappa shape index (κ3) is 3.44. The summed E-state index contributed by atoms with van der Waals surface area (Å²) in [5, 5.41) is 2.25. The smallest absolute Gasteiger partial charge is 0.383 e. The van der Waals surface area contributed by atoms with Crippen LogP contribution in [0.2, 0.25) is 0 Å². The normalized spacial score (nSPS) is 11.2. The van der Waals surface area contributed by atoms with Gasteiger partial charge in [-0.2, -0.15) is 13.2 Å². The summed E-state index contributed by atoms with van der Waals surface area (Å²) in [6.07, 6.45) is -2.89. The van der Waals surface area contributed by atoms with Crippen molar-refractivity contribution in [3.63, 3.8) is 0 Å². The Morgan fingerprint density at radius 3 is 2.48 bits per heavy atom. The molecule has 0 aliphatic rings. The van der Waals surface area contributed by atoms with Crippen molar-refractivity contribution in [1.29, 1.82) is 0 Å². The van der Waals surface area contributed by atoms with Crippen molar-refractivity contribution in [2.75, 3.05) is 11.1 Å². The molecule has 0 saturated heterocycles. The summed E-state index contributed by atoms with van der Waals surface area (Å²) in [4.78, 5) is 18.5. The molecule has 0 unspecified atom stereocenters. The topological polar surface area (TPSA) is 80.9 Å². The molecule has 0 aromatic carbocycles. The summed E-state index contributed by atoms with van der Waals surface area (Å²) in [7, 11) is 0. The van der Waals surface area contributed by atoms with Gasteiger partial charge in [0.2, 0.25) is 0 Å². The van der Waals surface area contributed by atoms with Crippen molar-refractivity contribution in [3.8, 4) is 0 Å². The lowest BCUT2D eigenvalue weighted by Gasteiger charge is -2.08. The highest BCUT2D eigenvalue weighted by molar-refractivity contribution is 6.07. The van der Waals surface area contributed by atoms with Crippen molar-refractivity contribution in [1.82, 2.24) is 9.97 Å². The number of alkyl halides is 3. The highest BCUT2D eigenvalue weighted by atomic mass is 19.4. The van der Waals surface area contributed by atoms with Crippen LogP contribution in [0.5, 0.6) is 0 Å². The zero-order valence-electron chi connectivity index (χ0n) is 10.3. The summed E-state index contributed by atoms with van der Waals surface area (Å²) < 4.78 is 50.0. The van der Waals surface area contributed by atoms with Gasteiger partial charge in [0.1, 0.15) is 17.3 Å². The second-order valence-corrected chi connectivity index (χ2v) is 3.97. The molecule has 0 spiro atoms. The monoisotopic (exact) mass is 300 g/mol. The number of nitrogens with zero attached hydrogens (tertiary/aromatic N) is 2. The zero-order valence-corrected chi connectivity index (χ0v) is 10.3. The Balaban J connectivity index is 2.18. The first-order chi connectivity index (χ1) is 9.77. The number of nitrogens with two attached hydrogens (primary N) is 1. The minimum Gasteiger partial charge on any atom is -0.383 e. The molecule has 110 valence electrons. The van der Waals surface area contributed by atoms with E-state index in [0.29, 0.717) is 6.07 Å². The largest absolute Gasteiger partial charge is 0.433 e. The Bertz CT molecular complexity index is 670. The quantitative estimate of drug-likeness (QED) is 0.835. The van der Waals surface area contributed by atoms with Crippen LogP contribution < -0.4 is 11.1 Å². The number of nitrogens with one attached hydrogen (secondary N) is 1. The van der Waals surface area contributed by atoms with Gasteiger partial charge >= 0.3 is 6.18 Å². The van der Waals surface area contributed by atoms with Crippen LogP contribution in [0, 0.1) is 5.82 Å². The van der Waals surface area contributed by atoms with Gasteiger partial charge in [0.05, 0.1) is 23.6 Å². The minimum absolute atomic E-state index is 0.0108. The van der Waals surface area contributed by atoms with E-state index in [1.165, 1.54) is 0 Å². The fraction of sp³-hybridized carbons (Fsp3) is 0.0833. The predicted molar refractivity (Wildman–Crippen MR) is 65.8 cm³/mol. The van der Waals surface area contributed by atoms with Crippen molar-refractivity contribution < 1.29 is 22.4 Å². The van der Waals surface area contributed by atoms with Crippen molar-refractivity contribution in [2.45, 2.75) is 6.18 Å². The average Bonchev–Trinajstić information content (AvgIpc) is 2.41. The summed E-state index contributed by atoms with van der Waals surface area (Å²) >= 11 is 0. The summed E-state index contributed by atoms with van der Waals surface area (Å²) in [5.41, 5.74) is 4.12. The lowest BCUT2D eigenvalue weighted by Crippen LogP contribution is -2.16. The molecule has 0 aliphatic carbocycles. The van der Waals surface area contributed by atoms with Crippen molar-refractivity contribution in [3.05, 3.63) is 47.7 Å². The van der Waals surface area contributed by atoms with Crippen LogP contribution in [0.1, 0.15) is 16.1 Å². The lowest BCUT2D eigenvalue weighted by molar-refractivity contribution is -0.141. The lowest BCUT2D eigenvalue weighted by atomic mass is 10.2. The number of carbonyl (C=O) groups is 1.